The van der Waals surface area contributed by atoms with E-state index in [4.69, 9.17) is 14.2 Å². The molecular weight excluding hydrogens is 452 g/mol. The molecule has 3 aromatic carbocycles. The smallest absolute Gasteiger partial charge is 0.410 e. The molecule has 0 spiro atoms. The number of hydrogen-bond acceptors (Lipinski definition) is 5. The standard InChI is InChI=1S/C30H36N2O4/c1-30(2,3)36-29(33)32-17-15-31(16-18-32)21-24-11-8-12-25(19-24)26-13-14-27(28(20-26)34-4)35-22-23-9-6-5-7-10-23/h5-14,19-20H,15-18,21-22H2,1-4H3. The van der Waals surface area contributed by atoms with Crippen molar-refractivity contribution in [1.29, 1.82) is 0 Å². The Bertz CT molecular complexity index is 1150. The summed E-state index contributed by atoms with van der Waals surface area (Å²) in [6.07, 6.45) is -0.228. The number of benzene rings is 3. The van der Waals surface area contributed by atoms with Crippen LogP contribution >= 0.6 is 0 Å². The molecule has 1 fully saturated rings. The van der Waals surface area contributed by atoms with Crippen molar-refractivity contribution in [3.05, 3.63) is 83.9 Å². The number of carbonyl (C=O) groups excluding carboxylic acids is 1. The summed E-state index contributed by atoms with van der Waals surface area (Å²) in [5, 5.41) is 0. The third-order valence-corrected chi connectivity index (χ3v) is 6.09. The van der Waals surface area contributed by atoms with Gasteiger partial charge in [-0.1, -0.05) is 54.6 Å². The topological polar surface area (TPSA) is 51.2 Å². The number of piperazine rings is 1. The highest BCUT2D eigenvalue weighted by molar-refractivity contribution is 5.68. The van der Waals surface area contributed by atoms with Gasteiger partial charge in [-0.3, -0.25) is 4.90 Å². The monoisotopic (exact) mass is 488 g/mol. The molecule has 190 valence electrons. The first-order valence-corrected chi connectivity index (χ1v) is 12.4. The Morgan fingerprint density at radius 1 is 0.806 bits per heavy atom. The highest BCUT2D eigenvalue weighted by Crippen LogP contribution is 2.33. The van der Waals surface area contributed by atoms with Crippen LogP contribution in [0, 0.1) is 0 Å². The van der Waals surface area contributed by atoms with Crippen LogP contribution in [0.15, 0.2) is 72.8 Å². The lowest BCUT2D eigenvalue weighted by molar-refractivity contribution is 0.0139. The van der Waals surface area contributed by atoms with Crippen LogP contribution < -0.4 is 9.47 Å². The third-order valence-electron chi connectivity index (χ3n) is 6.09. The third kappa shape index (κ3) is 7.01. The van der Waals surface area contributed by atoms with E-state index in [2.05, 4.69) is 35.2 Å². The Kier molecular flexibility index (Phi) is 8.16. The van der Waals surface area contributed by atoms with E-state index < -0.39 is 5.60 Å². The van der Waals surface area contributed by atoms with E-state index in [9.17, 15) is 4.79 Å². The van der Waals surface area contributed by atoms with E-state index >= 15 is 0 Å². The molecule has 0 saturated carbocycles. The quantitative estimate of drug-likeness (QED) is 0.409. The molecule has 1 aliphatic heterocycles. The first-order chi connectivity index (χ1) is 17.3. The molecular formula is C30H36N2O4. The summed E-state index contributed by atoms with van der Waals surface area (Å²) >= 11 is 0. The maximum Gasteiger partial charge on any atom is 0.410 e. The van der Waals surface area contributed by atoms with Gasteiger partial charge in [0.05, 0.1) is 7.11 Å². The number of amides is 1. The number of methoxy groups -OCH3 is 1. The van der Waals surface area contributed by atoms with Crippen molar-refractivity contribution in [2.24, 2.45) is 0 Å². The number of nitrogens with zero attached hydrogens (tertiary/aromatic N) is 2. The Hall–Kier alpha value is -3.51. The van der Waals surface area contributed by atoms with Gasteiger partial charge in [0.1, 0.15) is 12.2 Å². The van der Waals surface area contributed by atoms with Crippen LogP contribution in [0.1, 0.15) is 31.9 Å². The molecule has 0 bridgehead atoms. The first-order valence-electron chi connectivity index (χ1n) is 12.4. The fourth-order valence-corrected chi connectivity index (χ4v) is 4.22. The normalized spacial score (nSPS) is 14.4. The zero-order valence-corrected chi connectivity index (χ0v) is 21.7. The van der Waals surface area contributed by atoms with Gasteiger partial charge in [0.2, 0.25) is 0 Å². The Labute approximate surface area is 214 Å². The second kappa shape index (κ2) is 11.5. The van der Waals surface area contributed by atoms with E-state index in [1.165, 1.54) is 5.56 Å². The van der Waals surface area contributed by atoms with Crippen molar-refractivity contribution in [2.75, 3.05) is 33.3 Å². The summed E-state index contributed by atoms with van der Waals surface area (Å²) in [4.78, 5) is 16.5. The lowest BCUT2D eigenvalue weighted by atomic mass is 10.0. The van der Waals surface area contributed by atoms with Gasteiger partial charge in [-0.25, -0.2) is 4.79 Å². The van der Waals surface area contributed by atoms with Crippen LogP contribution in [0.3, 0.4) is 0 Å². The van der Waals surface area contributed by atoms with Crippen molar-refractivity contribution in [2.45, 2.75) is 39.5 Å². The average molecular weight is 489 g/mol. The van der Waals surface area contributed by atoms with Crippen molar-refractivity contribution < 1.29 is 19.0 Å². The van der Waals surface area contributed by atoms with E-state index in [1.54, 1.807) is 12.0 Å². The highest BCUT2D eigenvalue weighted by Gasteiger charge is 2.25. The maximum atomic E-state index is 12.3. The molecule has 0 aromatic heterocycles. The van der Waals surface area contributed by atoms with Crippen molar-refractivity contribution in [3.63, 3.8) is 0 Å². The first kappa shape index (κ1) is 25.6. The second-order valence-corrected chi connectivity index (χ2v) is 10.1. The van der Waals surface area contributed by atoms with Crippen LogP contribution in [-0.2, 0) is 17.9 Å². The summed E-state index contributed by atoms with van der Waals surface area (Å²) in [7, 11) is 1.67. The fourth-order valence-electron chi connectivity index (χ4n) is 4.22. The molecule has 0 unspecified atom stereocenters. The molecule has 36 heavy (non-hydrogen) atoms. The fraction of sp³-hybridized carbons (Fsp3) is 0.367. The van der Waals surface area contributed by atoms with Crippen molar-refractivity contribution >= 4 is 6.09 Å². The number of ether oxygens (including phenoxy) is 3. The van der Waals surface area contributed by atoms with E-state index in [1.807, 2.05) is 63.2 Å². The summed E-state index contributed by atoms with van der Waals surface area (Å²) in [5.74, 6) is 1.44. The molecule has 0 aliphatic carbocycles. The van der Waals surface area contributed by atoms with Crippen molar-refractivity contribution in [3.8, 4) is 22.6 Å². The molecule has 0 atom stereocenters. The lowest BCUT2D eigenvalue weighted by Gasteiger charge is -2.35. The SMILES string of the molecule is COc1cc(-c2cccc(CN3CCN(C(=O)OC(C)(C)C)CC3)c2)ccc1OCc1ccccc1. The Morgan fingerprint density at radius 3 is 2.19 bits per heavy atom. The molecule has 6 heteroatoms. The highest BCUT2D eigenvalue weighted by atomic mass is 16.6. The van der Waals surface area contributed by atoms with Crippen LogP contribution in [0.2, 0.25) is 0 Å². The molecule has 0 radical (unpaired) electrons. The molecule has 6 nitrogen and oxygen atoms in total. The van der Waals surface area contributed by atoms with Gasteiger partial charge >= 0.3 is 6.09 Å². The van der Waals surface area contributed by atoms with Crippen LogP contribution in [0.25, 0.3) is 11.1 Å². The molecule has 3 aromatic rings. The molecule has 0 N–H and O–H groups in total. The van der Waals surface area contributed by atoms with Gasteiger partial charge in [0, 0.05) is 32.7 Å². The van der Waals surface area contributed by atoms with Gasteiger partial charge in [-0.15, -0.1) is 0 Å². The molecule has 1 amide bonds. The Balaban J connectivity index is 1.37. The minimum Gasteiger partial charge on any atom is -0.493 e. The predicted octanol–water partition coefficient (Wildman–Crippen LogP) is 5.99. The lowest BCUT2D eigenvalue weighted by Crippen LogP contribution is -2.49. The van der Waals surface area contributed by atoms with Crippen LogP contribution in [0.4, 0.5) is 4.79 Å². The number of carbonyl (C=O) groups is 1. The number of rotatable bonds is 7. The predicted molar refractivity (Wildman–Crippen MR) is 142 cm³/mol. The molecule has 1 aliphatic rings. The van der Waals surface area contributed by atoms with Gasteiger partial charge in [0.15, 0.2) is 11.5 Å². The van der Waals surface area contributed by atoms with Crippen LogP contribution in [0.5, 0.6) is 11.5 Å². The molecule has 1 saturated heterocycles. The van der Waals surface area contributed by atoms with Gasteiger partial charge < -0.3 is 19.1 Å². The Morgan fingerprint density at radius 2 is 1.50 bits per heavy atom. The average Bonchev–Trinajstić information content (AvgIpc) is 2.87. The summed E-state index contributed by atoms with van der Waals surface area (Å²) in [5.41, 5.74) is 4.09. The van der Waals surface area contributed by atoms with E-state index in [0.717, 1.165) is 42.1 Å². The van der Waals surface area contributed by atoms with E-state index in [-0.39, 0.29) is 6.09 Å². The number of hydrogen-bond donors (Lipinski definition) is 0. The minimum atomic E-state index is -0.469. The second-order valence-electron chi connectivity index (χ2n) is 10.1. The largest absolute Gasteiger partial charge is 0.493 e. The van der Waals surface area contributed by atoms with Gasteiger partial charge in [-0.2, -0.15) is 0 Å². The van der Waals surface area contributed by atoms with Crippen molar-refractivity contribution in [1.82, 2.24) is 9.80 Å². The molecule has 4 rings (SSSR count). The summed E-state index contributed by atoms with van der Waals surface area (Å²) in [6, 6.07) is 24.7. The van der Waals surface area contributed by atoms with Crippen LogP contribution in [-0.4, -0.2) is 54.8 Å². The maximum absolute atomic E-state index is 12.3. The zero-order valence-electron chi connectivity index (χ0n) is 21.7. The summed E-state index contributed by atoms with van der Waals surface area (Å²) < 4.78 is 17.2. The van der Waals surface area contributed by atoms with Gasteiger partial charge in [-0.05, 0) is 61.2 Å². The van der Waals surface area contributed by atoms with Gasteiger partial charge in [0.25, 0.3) is 0 Å². The molecule has 1 heterocycles. The minimum absolute atomic E-state index is 0.228. The van der Waals surface area contributed by atoms with E-state index in [0.29, 0.717) is 25.4 Å². The summed E-state index contributed by atoms with van der Waals surface area (Å²) in [6.45, 7) is 10.0. The zero-order chi connectivity index (χ0) is 25.5.